The lowest BCUT2D eigenvalue weighted by Gasteiger charge is -2.41. The van der Waals surface area contributed by atoms with E-state index in [1.807, 2.05) is 30.9 Å². The summed E-state index contributed by atoms with van der Waals surface area (Å²) in [7, 11) is 0. The minimum atomic E-state index is -0.454. The van der Waals surface area contributed by atoms with Gasteiger partial charge in [-0.1, -0.05) is 31.5 Å². The van der Waals surface area contributed by atoms with Gasteiger partial charge in [0.25, 0.3) is 5.91 Å². The number of likely N-dealkylation sites (tertiary alicyclic amines) is 1. The molecule has 39 heavy (non-hydrogen) atoms. The van der Waals surface area contributed by atoms with Crippen LogP contribution in [0.5, 0.6) is 5.75 Å². The van der Waals surface area contributed by atoms with Crippen molar-refractivity contribution < 1.29 is 14.3 Å². The van der Waals surface area contributed by atoms with Crippen LogP contribution in [0.3, 0.4) is 0 Å². The molecule has 0 unspecified atom stereocenters. The number of nitrogens with one attached hydrogen (secondary N) is 1. The molecule has 1 aromatic carbocycles. The number of carbonyl (C=O) groups excluding carboxylic acids is 2. The van der Waals surface area contributed by atoms with Crippen molar-refractivity contribution in [2.75, 3.05) is 37.7 Å². The average Bonchev–Trinajstić information content (AvgIpc) is 2.94. The number of para-hydroxylation sites is 1. The van der Waals surface area contributed by atoms with E-state index in [-0.39, 0.29) is 17.9 Å². The Morgan fingerprint density at radius 2 is 1.79 bits per heavy atom. The first-order valence-corrected chi connectivity index (χ1v) is 14.7. The molecule has 8 heteroatoms. The molecule has 0 radical (unpaired) electrons. The fourth-order valence-corrected chi connectivity index (χ4v) is 6.19. The normalized spacial score (nSPS) is 22.7. The number of amides is 2. The van der Waals surface area contributed by atoms with Crippen molar-refractivity contribution in [1.82, 2.24) is 20.2 Å². The van der Waals surface area contributed by atoms with Crippen molar-refractivity contribution in [1.29, 1.82) is 0 Å². The highest BCUT2D eigenvalue weighted by Crippen LogP contribution is 2.38. The summed E-state index contributed by atoms with van der Waals surface area (Å²) in [5.74, 6) is 2.44. The molecule has 1 atom stereocenters. The third kappa shape index (κ3) is 6.20. The van der Waals surface area contributed by atoms with Crippen LogP contribution in [0.4, 0.5) is 5.95 Å². The Balaban J connectivity index is 1.23. The van der Waals surface area contributed by atoms with Crippen molar-refractivity contribution in [3.8, 4) is 5.75 Å². The van der Waals surface area contributed by atoms with E-state index < -0.39 is 5.41 Å². The van der Waals surface area contributed by atoms with E-state index in [0.717, 1.165) is 74.9 Å². The van der Waals surface area contributed by atoms with Crippen molar-refractivity contribution in [2.45, 2.75) is 78.2 Å². The van der Waals surface area contributed by atoms with E-state index in [2.05, 4.69) is 34.3 Å². The number of ether oxygens (including phenoxy) is 1. The molecule has 2 fully saturated rings. The Morgan fingerprint density at radius 1 is 1.05 bits per heavy atom. The summed E-state index contributed by atoms with van der Waals surface area (Å²) in [6, 6.07) is 8.10. The highest BCUT2D eigenvalue weighted by atomic mass is 16.5. The smallest absolute Gasteiger partial charge is 0.257 e. The lowest BCUT2D eigenvalue weighted by atomic mass is 9.73. The highest BCUT2D eigenvalue weighted by Gasteiger charge is 2.42. The number of benzene rings is 1. The maximum atomic E-state index is 13.6. The third-order valence-electron chi connectivity index (χ3n) is 8.94. The predicted octanol–water partition coefficient (Wildman–Crippen LogP) is 4.55. The number of rotatable bonds is 2. The maximum absolute atomic E-state index is 13.6. The standard InChI is InChI=1S/C31H43N5O3/c1-22-11-16-36(17-12-22)30-32-20-26(24(3)34-30)28(37)35-18-14-31(15-19-35)13-7-6-9-25-8-4-5-10-27(25)39-21-23(2)33-29(31)38/h4-5,8,10,20,22-23H,6-7,9,11-19,21H2,1-3H3,(H,33,38)/t23-/m1/s1. The summed E-state index contributed by atoms with van der Waals surface area (Å²) in [5, 5.41) is 3.22. The zero-order valence-electron chi connectivity index (χ0n) is 23.7. The SMILES string of the molecule is Cc1nc(N2CCC(C)CC2)ncc1C(=O)N1CCC2(CCCCc3ccccc3OC[C@@H](C)NC2=O)CC1. The van der Waals surface area contributed by atoms with Gasteiger partial charge in [-0.15, -0.1) is 0 Å². The van der Waals surface area contributed by atoms with Gasteiger partial charge < -0.3 is 19.9 Å². The van der Waals surface area contributed by atoms with Crippen LogP contribution in [0.1, 0.15) is 80.4 Å². The molecular formula is C31H43N5O3. The minimum Gasteiger partial charge on any atom is -0.491 e. The molecule has 1 aromatic heterocycles. The first-order valence-electron chi connectivity index (χ1n) is 14.7. The molecule has 0 aliphatic carbocycles. The fourth-order valence-electron chi connectivity index (χ4n) is 6.19. The molecule has 1 spiro atoms. The number of piperidine rings is 2. The van der Waals surface area contributed by atoms with E-state index in [9.17, 15) is 9.59 Å². The first kappa shape index (κ1) is 27.4. The Kier molecular flexibility index (Phi) is 8.38. The van der Waals surface area contributed by atoms with Crippen molar-refractivity contribution in [2.24, 2.45) is 11.3 Å². The number of fused-ring (bicyclic) bond motifs is 1. The highest BCUT2D eigenvalue weighted by molar-refractivity contribution is 5.95. The van der Waals surface area contributed by atoms with Gasteiger partial charge in [0.05, 0.1) is 22.7 Å². The van der Waals surface area contributed by atoms with Crippen molar-refractivity contribution in [3.63, 3.8) is 0 Å². The number of aromatic nitrogens is 2. The molecule has 210 valence electrons. The number of aryl methyl sites for hydroxylation is 2. The Bertz CT molecular complexity index is 1170. The average molecular weight is 534 g/mol. The van der Waals surface area contributed by atoms with Crippen molar-refractivity contribution >= 4 is 17.8 Å². The van der Waals surface area contributed by atoms with Crippen LogP contribution >= 0.6 is 0 Å². The van der Waals surface area contributed by atoms with E-state index in [4.69, 9.17) is 9.72 Å². The van der Waals surface area contributed by atoms with Crippen molar-refractivity contribution in [3.05, 3.63) is 47.3 Å². The number of anilines is 1. The van der Waals surface area contributed by atoms with E-state index in [0.29, 0.717) is 38.1 Å². The van der Waals surface area contributed by atoms with Gasteiger partial charge in [-0.3, -0.25) is 9.59 Å². The quantitative estimate of drug-likeness (QED) is 0.609. The monoisotopic (exact) mass is 533 g/mol. The third-order valence-corrected chi connectivity index (χ3v) is 8.94. The van der Waals surface area contributed by atoms with Gasteiger partial charge in [-0.25, -0.2) is 9.97 Å². The van der Waals surface area contributed by atoms with Crippen LogP contribution in [-0.2, 0) is 11.2 Å². The zero-order chi connectivity index (χ0) is 27.4. The molecule has 0 saturated carbocycles. The molecule has 4 heterocycles. The van der Waals surface area contributed by atoms with Gasteiger partial charge in [0.1, 0.15) is 12.4 Å². The van der Waals surface area contributed by atoms with Gasteiger partial charge in [-0.2, -0.15) is 0 Å². The lowest BCUT2D eigenvalue weighted by molar-refractivity contribution is -0.135. The molecule has 2 aromatic rings. The first-order chi connectivity index (χ1) is 18.8. The van der Waals surface area contributed by atoms with Gasteiger partial charge in [-0.05, 0) is 76.3 Å². The number of hydrogen-bond acceptors (Lipinski definition) is 6. The Morgan fingerprint density at radius 3 is 2.54 bits per heavy atom. The summed E-state index contributed by atoms with van der Waals surface area (Å²) >= 11 is 0. The fraction of sp³-hybridized carbons (Fsp3) is 0.613. The van der Waals surface area contributed by atoms with Gasteiger partial charge in [0.15, 0.2) is 0 Å². The van der Waals surface area contributed by atoms with Gasteiger partial charge in [0.2, 0.25) is 11.9 Å². The molecule has 1 N–H and O–H groups in total. The van der Waals surface area contributed by atoms with E-state index in [1.54, 1.807) is 6.20 Å². The molecule has 5 rings (SSSR count). The van der Waals surface area contributed by atoms with Crippen LogP contribution < -0.4 is 15.0 Å². The topological polar surface area (TPSA) is 87.7 Å². The van der Waals surface area contributed by atoms with Crippen LogP contribution in [0.2, 0.25) is 0 Å². The molecule has 2 saturated heterocycles. The summed E-state index contributed by atoms with van der Waals surface area (Å²) in [6.07, 6.45) is 9.07. The van der Waals surface area contributed by atoms with Crippen LogP contribution in [0.15, 0.2) is 30.5 Å². The van der Waals surface area contributed by atoms with E-state index in [1.165, 1.54) is 5.56 Å². The Labute approximate surface area is 232 Å². The molecule has 8 nitrogen and oxygen atoms in total. The second-order valence-corrected chi connectivity index (χ2v) is 11.9. The van der Waals surface area contributed by atoms with E-state index >= 15 is 0 Å². The number of hydrogen-bond donors (Lipinski definition) is 1. The van der Waals surface area contributed by atoms with Crippen LogP contribution in [0.25, 0.3) is 0 Å². The molecule has 3 aliphatic heterocycles. The van der Waals surface area contributed by atoms with Gasteiger partial charge in [0, 0.05) is 32.4 Å². The molecule has 3 aliphatic rings. The largest absolute Gasteiger partial charge is 0.491 e. The second-order valence-electron chi connectivity index (χ2n) is 11.9. The minimum absolute atomic E-state index is 0.0342. The number of nitrogens with zero attached hydrogens (tertiary/aromatic N) is 4. The number of carbonyl (C=O) groups is 2. The molecule has 0 bridgehead atoms. The lowest BCUT2D eigenvalue weighted by Crippen LogP contribution is -2.52. The summed E-state index contributed by atoms with van der Waals surface area (Å²) < 4.78 is 6.07. The zero-order valence-corrected chi connectivity index (χ0v) is 23.7. The summed E-state index contributed by atoms with van der Waals surface area (Å²) in [4.78, 5) is 40.5. The molecule has 2 amide bonds. The summed E-state index contributed by atoms with van der Waals surface area (Å²) in [5.41, 5.74) is 2.06. The van der Waals surface area contributed by atoms with Gasteiger partial charge >= 0.3 is 0 Å². The Hall–Kier alpha value is -3.16. The predicted molar refractivity (Wildman–Crippen MR) is 152 cm³/mol. The van der Waals surface area contributed by atoms with Crippen LogP contribution in [0, 0.1) is 18.3 Å². The second kappa shape index (κ2) is 11.9. The molecular weight excluding hydrogens is 490 g/mol. The summed E-state index contributed by atoms with van der Waals surface area (Å²) in [6.45, 7) is 9.66. The van der Waals surface area contributed by atoms with Crippen LogP contribution in [-0.4, -0.2) is 65.5 Å². The maximum Gasteiger partial charge on any atom is 0.257 e.